The van der Waals surface area contributed by atoms with Crippen molar-refractivity contribution in [3.63, 3.8) is 0 Å². The average Bonchev–Trinajstić information content (AvgIpc) is 2.52. The van der Waals surface area contributed by atoms with Gasteiger partial charge in [0, 0.05) is 13.6 Å². The molecule has 1 heterocycles. The van der Waals surface area contributed by atoms with Crippen LogP contribution in [0.25, 0.3) is 0 Å². The van der Waals surface area contributed by atoms with E-state index in [2.05, 4.69) is 13.8 Å². The van der Waals surface area contributed by atoms with E-state index in [1.807, 2.05) is 25.2 Å². The van der Waals surface area contributed by atoms with Crippen molar-refractivity contribution in [3.05, 3.63) is 23.8 Å². The fraction of sp³-hybridized carbons (Fsp3) is 0.588. The number of methoxy groups -OCH3 is 1. The monoisotopic (exact) mass is 342 g/mol. The summed E-state index contributed by atoms with van der Waals surface area (Å²) in [6, 6.07) is 5.71. The highest BCUT2D eigenvalue weighted by molar-refractivity contribution is 5.85. The van der Waals surface area contributed by atoms with E-state index >= 15 is 0 Å². The molecule has 1 aliphatic heterocycles. The summed E-state index contributed by atoms with van der Waals surface area (Å²) in [5, 5.41) is 0. The van der Waals surface area contributed by atoms with E-state index in [1.54, 1.807) is 12.0 Å². The maximum absolute atomic E-state index is 12.6. The summed E-state index contributed by atoms with van der Waals surface area (Å²) in [4.78, 5) is 14.4. The van der Waals surface area contributed by atoms with Gasteiger partial charge in [0.05, 0.1) is 13.0 Å². The van der Waals surface area contributed by atoms with Gasteiger partial charge in [-0.2, -0.15) is 0 Å². The van der Waals surface area contributed by atoms with E-state index in [4.69, 9.17) is 15.2 Å². The molecule has 6 heteroatoms. The molecule has 1 atom stereocenters. The Balaban J connectivity index is 0.00000264. The van der Waals surface area contributed by atoms with Gasteiger partial charge in [0.1, 0.15) is 18.1 Å². The van der Waals surface area contributed by atoms with Crippen LogP contribution in [0.1, 0.15) is 19.4 Å². The molecule has 23 heavy (non-hydrogen) atoms. The Morgan fingerprint density at radius 2 is 2.17 bits per heavy atom. The van der Waals surface area contributed by atoms with Gasteiger partial charge in [-0.3, -0.25) is 4.79 Å². The highest BCUT2D eigenvalue weighted by Crippen LogP contribution is 2.31. The fourth-order valence-corrected chi connectivity index (χ4v) is 2.75. The number of halogens is 1. The van der Waals surface area contributed by atoms with Gasteiger partial charge < -0.3 is 20.1 Å². The Hall–Kier alpha value is -1.46. The van der Waals surface area contributed by atoms with Crippen LogP contribution in [0.15, 0.2) is 18.2 Å². The first-order valence-corrected chi connectivity index (χ1v) is 7.61. The molecular weight excluding hydrogens is 316 g/mol. The van der Waals surface area contributed by atoms with Crippen LogP contribution >= 0.6 is 12.4 Å². The number of carbonyl (C=O) groups excluding carboxylic acids is 1. The predicted molar refractivity (Wildman–Crippen MR) is 93.4 cm³/mol. The van der Waals surface area contributed by atoms with Crippen LogP contribution in [-0.4, -0.2) is 44.7 Å². The van der Waals surface area contributed by atoms with Gasteiger partial charge in [-0.25, -0.2) is 0 Å². The summed E-state index contributed by atoms with van der Waals surface area (Å²) >= 11 is 0. The molecule has 130 valence electrons. The van der Waals surface area contributed by atoms with Gasteiger partial charge in [-0.1, -0.05) is 13.8 Å². The first-order chi connectivity index (χ1) is 10.4. The number of hydrogen-bond donors (Lipinski definition) is 1. The molecule has 0 radical (unpaired) electrons. The van der Waals surface area contributed by atoms with Crippen molar-refractivity contribution in [1.82, 2.24) is 4.90 Å². The van der Waals surface area contributed by atoms with Crippen molar-refractivity contribution in [1.29, 1.82) is 0 Å². The number of nitrogens with two attached hydrogens (primary N) is 1. The van der Waals surface area contributed by atoms with Crippen LogP contribution in [0.5, 0.6) is 11.5 Å². The lowest BCUT2D eigenvalue weighted by Gasteiger charge is -2.33. The van der Waals surface area contributed by atoms with Crippen LogP contribution < -0.4 is 15.2 Å². The quantitative estimate of drug-likeness (QED) is 0.890. The van der Waals surface area contributed by atoms with E-state index < -0.39 is 0 Å². The minimum Gasteiger partial charge on any atom is -0.497 e. The maximum atomic E-state index is 12.6. The third-order valence-electron chi connectivity index (χ3n) is 4.12. The molecule has 1 aromatic rings. The van der Waals surface area contributed by atoms with Crippen molar-refractivity contribution < 1.29 is 14.3 Å². The molecule has 2 N–H and O–H groups in total. The number of rotatable bonds is 5. The number of hydrogen-bond acceptors (Lipinski definition) is 4. The zero-order chi connectivity index (χ0) is 16.3. The summed E-state index contributed by atoms with van der Waals surface area (Å²) in [6.45, 7) is 5.74. The molecule has 1 amide bonds. The molecule has 1 aromatic carbocycles. The molecule has 0 spiro atoms. The molecule has 2 rings (SSSR count). The van der Waals surface area contributed by atoms with Gasteiger partial charge in [0.25, 0.3) is 0 Å². The Morgan fingerprint density at radius 1 is 1.48 bits per heavy atom. The average molecular weight is 343 g/mol. The largest absolute Gasteiger partial charge is 0.497 e. The van der Waals surface area contributed by atoms with Crippen molar-refractivity contribution in [2.24, 2.45) is 17.1 Å². The summed E-state index contributed by atoms with van der Waals surface area (Å²) in [5.41, 5.74) is 6.69. The Kier molecular flexibility index (Phi) is 6.71. The van der Waals surface area contributed by atoms with Crippen LogP contribution in [0.2, 0.25) is 0 Å². The molecule has 5 nitrogen and oxygen atoms in total. The smallest absolute Gasteiger partial charge is 0.229 e. The van der Waals surface area contributed by atoms with E-state index in [-0.39, 0.29) is 29.6 Å². The van der Waals surface area contributed by atoms with Crippen LogP contribution in [0.3, 0.4) is 0 Å². The molecule has 0 saturated carbocycles. The summed E-state index contributed by atoms with van der Waals surface area (Å²) < 4.78 is 11.0. The number of carbonyl (C=O) groups is 1. The molecule has 0 aliphatic carbocycles. The van der Waals surface area contributed by atoms with E-state index in [9.17, 15) is 4.79 Å². The highest BCUT2D eigenvalue weighted by atomic mass is 35.5. The Labute approximate surface area is 144 Å². The standard InChI is InChI=1S/C17H26N2O3.ClH/c1-17(2,10-18)11-19(3)16(20)13-7-12-8-14(21-4)5-6-15(12)22-9-13;/h5-6,8,13H,7,9-11,18H2,1-4H3;1H. The minimum absolute atomic E-state index is 0. The lowest BCUT2D eigenvalue weighted by molar-refractivity contribution is -0.136. The van der Waals surface area contributed by atoms with E-state index in [0.29, 0.717) is 26.1 Å². The molecule has 0 saturated heterocycles. The molecular formula is C17H27ClN2O3. The lowest BCUT2D eigenvalue weighted by atomic mass is 9.91. The van der Waals surface area contributed by atoms with Gasteiger partial charge in [-0.05, 0) is 42.1 Å². The summed E-state index contributed by atoms with van der Waals surface area (Å²) in [7, 11) is 3.47. The molecule has 1 unspecified atom stereocenters. The van der Waals surface area contributed by atoms with Crippen molar-refractivity contribution in [2.45, 2.75) is 20.3 Å². The molecule has 0 fully saturated rings. The summed E-state index contributed by atoms with van der Waals surface area (Å²) in [6.07, 6.45) is 0.679. The van der Waals surface area contributed by atoms with Gasteiger partial charge in [-0.15, -0.1) is 12.4 Å². The second kappa shape index (κ2) is 7.88. The zero-order valence-corrected chi connectivity index (χ0v) is 15.1. The Bertz CT molecular complexity index is 549. The number of benzene rings is 1. The van der Waals surface area contributed by atoms with Gasteiger partial charge in [0.2, 0.25) is 5.91 Å². The lowest BCUT2D eigenvalue weighted by Crippen LogP contribution is -2.44. The third-order valence-corrected chi connectivity index (χ3v) is 4.12. The number of nitrogens with zero attached hydrogens (tertiary/aromatic N) is 1. The van der Waals surface area contributed by atoms with Gasteiger partial charge in [0.15, 0.2) is 0 Å². The second-order valence-electron chi connectivity index (χ2n) is 6.75. The van der Waals surface area contributed by atoms with Crippen LogP contribution in [-0.2, 0) is 11.2 Å². The minimum atomic E-state index is -0.154. The van der Waals surface area contributed by atoms with Crippen LogP contribution in [0.4, 0.5) is 0 Å². The molecule has 0 aromatic heterocycles. The topological polar surface area (TPSA) is 64.8 Å². The van der Waals surface area contributed by atoms with Crippen molar-refractivity contribution in [2.75, 3.05) is 33.9 Å². The fourth-order valence-electron chi connectivity index (χ4n) is 2.75. The maximum Gasteiger partial charge on any atom is 0.229 e. The third kappa shape index (κ3) is 4.75. The van der Waals surface area contributed by atoms with Crippen LogP contribution in [0, 0.1) is 11.3 Å². The van der Waals surface area contributed by atoms with Gasteiger partial charge >= 0.3 is 0 Å². The first-order valence-electron chi connectivity index (χ1n) is 7.61. The molecule has 0 bridgehead atoms. The Morgan fingerprint density at radius 3 is 2.78 bits per heavy atom. The predicted octanol–water partition coefficient (Wildman–Crippen LogP) is 2.11. The van der Waals surface area contributed by atoms with Crippen molar-refractivity contribution >= 4 is 18.3 Å². The number of fused-ring (bicyclic) bond motifs is 1. The second-order valence-corrected chi connectivity index (χ2v) is 6.75. The first kappa shape index (κ1) is 19.6. The molecule has 1 aliphatic rings. The summed E-state index contributed by atoms with van der Waals surface area (Å²) in [5.74, 6) is 1.58. The zero-order valence-electron chi connectivity index (χ0n) is 14.3. The highest BCUT2D eigenvalue weighted by Gasteiger charge is 2.30. The van der Waals surface area contributed by atoms with E-state index in [0.717, 1.165) is 17.1 Å². The SMILES string of the molecule is COc1ccc2c(c1)CC(C(=O)N(C)CC(C)(C)CN)CO2.Cl. The van der Waals surface area contributed by atoms with E-state index in [1.165, 1.54) is 0 Å². The number of amides is 1. The number of ether oxygens (including phenoxy) is 2. The normalized spacial score (nSPS) is 16.7. The van der Waals surface area contributed by atoms with Crippen molar-refractivity contribution in [3.8, 4) is 11.5 Å².